The van der Waals surface area contributed by atoms with Crippen LogP contribution >= 0.6 is 0 Å². The number of hydrogen-bond donors (Lipinski definition) is 2. The SMILES string of the molecule is NS(=O)(=O)c1ccc(NCCCOC2CCCCC2)nc1. The number of pyridine rings is 1. The summed E-state index contributed by atoms with van der Waals surface area (Å²) in [6.45, 7) is 1.49. The third kappa shape index (κ3) is 5.61. The van der Waals surface area contributed by atoms with Gasteiger partial charge < -0.3 is 10.1 Å². The molecule has 0 atom stereocenters. The quantitative estimate of drug-likeness (QED) is 0.750. The maximum Gasteiger partial charge on any atom is 0.239 e. The second-order valence-electron chi connectivity index (χ2n) is 5.34. The van der Waals surface area contributed by atoms with E-state index in [1.165, 1.54) is 44.4 Å². The van der Waals surface area contributed by atoms with Crippen LogP contribution in [0.3, 0.4) is 0 Å². The van der Waals surface area contributed by atoms with Gasteiger partial charge >= 0.3 is 0 Å². The van der Waals surface area contributed by atoms with Gasteiger partial charge in [0.15, 0.2) is 0 Å². The number of sulfonamides is 1. The highest BCUT2D eigenvalue weighted by Crippen LogP contribution is 2.20. The van der Waals surface area contributed by atoms with E-state index in [1.807, 2.05) is 0 Å². The Kier molecular flexibility index (Phi) is 5.96. The molecule has 1 fully saturated rings. The summed E-state index contributed by atoms with van der Waals surface area (Å²) in [4.78, 5) is 4.04. The zero-order valence-corrected chi connectivity index (χ0v) is 12.9. The van der Waals surface area contributed by atoms with E-state index in [-0.39, 0.29) is 4.90 Å². The molecule has 0 saturated heterocycles. The molecule has 6 nitrogen and oxygen atoms in total. The van der Waals surface area contributed by atoms with Crippen molar-refractivity contribution < 1.29 is 13.2 Å². The lowest BCUT2D eigenvalue weighted by Gasteiger charge is -2.21. The van der Waals surface area contributed by atoms with Gasteiger partial charge in [0.2, 0.25) is 10.0 Å². The van der Waals surface area contributed by atoms with Gasteiger partial charge in [0.1, 0.15) is 10.7 Å². The second-order valence-corrected chi connectivity index (χ2v) is 6.90. The lowest BCUT2D eigenvalue weighted by Crippen LogP contribution is -2.18. The monoisotopic (exact) mass is 313 g/mol. The molecule has 0 bridgehead atoms. The van der Waals surface area contributed by atoms with E-state index in [2.05, 4.69) is 10.3 Å². The molecule has 1 aliphatic carbocycles. The van der Waals surface area contributed by atoms with Gasteiger partial charge in [-0.05, 0) is 31.4 Å². The van der Waals surface area contributed by atoms with Crippen molar-refractivity contribution in [3.63, 3.8) is 0 Å². The number of primary sulfonamides is 1. The van der Waals surface area contributed by atoms with Crippen LogP contribution in [-0.2, 0) is 14.8 Å². The largest absolute Gasteiger partial charge is 0.378 e. The van der Waals surface area contributed by atoms with Crippen molar-refractivity contribution in [1.29, 1.82) is 0 Å². The predicted octanol–water partition coefficient (Wildman–Crippen LogP) is 1.88. The van der Waals surface area contributed by atoms with E-state index in [4.69, 9.17) is 9.88 Å². The van der Waals surface area contributed by atoms with Crippen molar-refractivity contribution >= 4 is 15.8 Å². The molecule has 0 amide bonds. The Labute approximate surface area is 126 Å². The molecule has 1 heterocycles. The minimum atomic E-state index is -3.67. The highest BCUT2D eigenvalue weighted by molar-refractivity contribution is 7.89. The Morgan fingerprint density at radius 1 is 1.29 bits per heavy atom. The standard InChI is InChI=1S/C14H23N3O3S/c15-21(18,19)13-7-8-14(17-11-13)16-9-4-10-20-12-5-2-1-3-6-12/h7-8,11-12H,1-6,9-10H2,(H,16,17)(H2,15,18,19). The number of nitrogens with one attached hydrogen (secondary N) is 1. The Hall–Kier alpha value is -1.18. The molecular weight excluding hydrogens is 290 g/mol. The minimum Gasteiger partial charge on any atom is -0.378 e. The molecule has 0 unspecified atom stereocenters. The van der Waals surface area contributed by atoms with Gasteiger partial charge in [-0.1, -0.05) is 19.3 Å². The summed E-state index contributed by atoms with van der Waals surface area (Å²) in [7, 11) is -3.67. The summed E-state index contributed by atoms with van der Waals surface area (Å²) in [6, 6.07) is 3.06. The molecule has 1 aliphatic rings. The lowest BCUT2D eigenvalue weighted by atomic mass is 9.98. The number of nitrogens with zero attached hydrogens (tertiary/aromatic N) is 1. The average Bonchev–Trinajstić information content (AvgIpc) is 2.47. The Morgan fingerprint density at radius 2 is 2.05 bits per heavy atom. The van der Waals surface area contributed by atoms with E-state index in [0.717, 1.165) is 19.6 Å². The first-order valence-electron chi connectivity index (χ1n) is 7.40. The van der Waals surface area contributed by atoms with Crippen molar-refractivity contribution in [2.45, 2.75) is 49.5 Å². The van der Waals surface area contributed by atoms with Crippen LogP contribution in [0.25, 0.3) is 0 Å². The third-order valence-corrected chi connectivity index (χ3v) is 4.50. The average molecular weight is 313 g/mol. The van der Waals surface area contributed by atoms with Crippen LogP contribution in [0.5, 0.6) is 0 Å². The first-order valence-corrected chi connectivity index (χ1v) is 8.95. The van der Waals surface area contributed by atoms with Gasteiger partial charge in [-0.25, -0.2) is 18.5 Å². The number of ether oxygens (including phenoxy) is 1. The summed E-state index contributed by atoms with van der Waals surface area (Å²) < 4.78 is 28.0. The highest BCUT2D eigenvalue weighted by atomic mass is 32.2. The molecule has 1 saturated carbocycles. The molecular formula is C14H23N3O3S. The molecule has 0 spiro atoms. The van der Waals surface area contributed by atoms with Crippen LogP contribution in [-0.4, -0.2) is 32.7 Å². The Bertz CT molecular complexity index is 525. The smallest absolute Gasteiger partial charge is 0.239 e. The van der Waals surface area contributed by atoms with Crippen LogP contribution in [0.4, 0.5) is 5.82 Å². The van der Waals surface area contributed by atoms with E-state index in [0.29, 0.717) is 11.9 Å². The number of anilines is 1. The molecule has 0 aliphatic heterocycles. The summed E-state index contributed by atoms with van der Waals surface area (Å²) >= 11 is 0. The molecule has 118 valence electrons. The molecule has 3 N–H and O–H groups in total. The fraction of sp³-hybridized carbons (Fsp3) is 0.643. The molecule has 2 rings (SSSR count). The van der Waals surface area contributed by atoms with Crippen molar-refractivity contribution in [3.05, 3.63) is 18.3 Å². The van der Waals surface area contributed by atoms with Crippen molar-refractivity contribution in [1.82, 2.24) is 4.98 Å². The van der Waals surface area contributed by atoms with Gasteiger partial charge in [-0.2, -0.15) is 0 Å². The molecule has 1 aromatic heterocycles. The number of hydrogen-bond acceptors (Lipinski definition) is 5. The summed E-state index contributed by atoms with van der Waals surface area (Å²) in [5.41, 5.74) is 0. The number of nitrogens with two attached hydrogens (primary N) is 1. The summed E-state index contributed by atoms with van der Waals surface area (Å²) in [5.74, 6) is 0.639. The molecule has 0 radical (unpaired) electrons. The fourth-order valence-corrected chi connectivity index (χ4v) is 2.88. The Balaban J connectivity index is 1.64. The van der Waals surface area contributed by atoms with Crippen LogP contribution in [0.2, 0.25) is 0 Å². The normalized spacial score (nSPS) is 16.8. The summed E-state index contributed by atoms with van der Waals surface area (Å²) in [5, 5.41) is 8.15. The van der Waals surface area contributed by atoms with E-state index >= 15 is 0 Å². The van der Waals surface area contributed by atoms with Crippen LogP contribution < -0.4 is 10.5 Å². The fourth-order valence-electron chi connectivity index (χ4n) is 2.42. The van der Waals surface area contributed by atoms with Crippen molar-refractivity contribution in [3.8, 4) is 0 Å². The zero-order chi connectivity index (χ0) is 15.1. The van der Waals surface area contributed by atoms with Gasteiger partial charge in [0.25, 0.3) is 0 Å². The first kappa shape index (κ1) is 16.2. The minimum absolute atomic E-state index is 0.0219. The van der Waals surface area contributed by atoms with Crippen LogP contribution in [0.1, 0.15) is 38.5 Å². The molecule has 21 heavy (non-hydrogen) atoms. The van der Waals surface area contributed by atoms with Gasteiger partial charge in [0.05, 0.1) is 6.10 Å². The van der Waals surface area contributed by atoms with E-state index < -0.39 is 10.0 Å². The maximum atomic E-state index is 11.1. The van der Waals surface area contributed by atoms with E-state index in [9.17, 15) is 8.42 Å². The van der Waals surface area contributed by atoms with Crippen LogP contribution in [0.15, 0.2) is 23.2 Å². The van der Waals surface area contributed by atoms with Crippen molar-refractivity contribution in [2.75, 3.05) is 18.5 Å². The van der Waals surface area contributed by atoms with Crippen LogP contribution in [0, 0.1) is 0 Å². The van der Waals surface area contributed by atoms with Gasteiger partial charge in [0, 0.05) is 19.3 Å². The second kappa shape index (κ2) is 7.72. The molecule has 1 aromatic rings. The topological polar surface area (TPSA) is 94.3 Å². The molecule has 7 heteroatoms. The maximum absolute atomic E-state index is 11.1. The number of rotatable bonds is 7. The molecule has 0 aromatic carbocycles. The summed E-state index contributed by atoms with van der Waals surface area (Å²) in [6.07, 6.45) is 8.86. The van der Waals surface area contributed by atoms with Gasteiger partial charge in [-0.3, -0.25) is 0 Å². The van der Waals surface area contributed by atoms with Gasteiger partial charge in [-0.15, -0.1) is 0 Å². The predicted molar refractivity (Wildman–Crippen MR) is 81.5 cm³/mol. The third-order valence-electron chi connectivity index (χ3n) is 3.60. The van der Waals surface area contributed by atoms with Crippen molar-refractivity contribution in [2.24, 2.45) is 5.14 Å². The van der Waals surface area contributed by atoms with E-state index in [1.54, 1.807) is 6.07 Å². The zero-order valence-electron chi connectivity index (χ0n) is 12.1. The Morgan fingerprint density at radius 3 is 2.67 bits per heavy atom. The lowest BCUT2D eigenvalue weighted by molar-refractivity contribution is 0.0284. The highest BCUT2D eigenvalue weighted by Gasteiger charge is 2.13. The number of aromatic nitrogens is 1. The first-order chi connectivity index (χ1) is 10.1.